The Balaban J connectivity index is 2.95. The fraction of sp³-hybridized carbons (Fsp3) is 0.571. The van der Waals surface area contributed by atoms with Crippen LogP contribution in [0.5, 0.6) is 0 Å². The van der Waals surface area contributed by atoms with Crippen LogP contribution < -0.4 is 4.72 Å². The molecule has 0 aliphatic rings. The molecule has 1 aromatic rings. The van der Waals surface area contributed by atoms with E-state index in [1.807, 2.05) is 20.8 Å². The Kier molecular flexibility index (Phi) is 6.94. The normalized spacial score (nSPS) is 14.2. The van der Waals surface area contributed by atoms with Crippen molar-refractivity contribution >= 4 is 18.1 Å². The van der Waals surface area contributed by atoms with Crippen molar-refractivity contribution < 1.29 is 17.5 Å². The van der Waals surface area contributed by atoms with Gasteiger partial charge >= 0.3 is 8.03 Å². The van der Waals surface area contributed by atoms with E-state index in [0.29, 0.717) is 6.42 Å². The van der Waals surface area contributed by atoms with Crippen LogP contribution in [0, 0.1) is 12.8 Å². The molecule has 1 N–H and O–H groups in total. The first-order valence-electron chi connectivity index (χ1n) is 6.94. The molecule has 1 rings (SSSR count). The predicted octanol–water partition coefficient (Wildman–Crippen LogP) is 3.42. The van der Waals surface area contributed by atoms with Crippen LogP contribution in [0.3, 0.4) is 0 Å². The van der Waals surface area contributed by atoms with Crippen LogP contribution in [0.25, 0.3) is 0 Å². The van der Waals surface area contributed by atoms with Gasteiger partial charge in [0.1, 0.15) is 0 Å². The summed E-state index contributed by atoms with van der Waals surface area (Å²) in [5, 5.41) is 0. The smallest absolute Gasteiger partial charge is 0.207 e. The molecule has 0 radical (unpaired) electrons. The van der Waals surface area contributed by atoms with Gasteiger partial charge in [0.2, 0.25) is 10.0 Å². The minimum Gasteiger partial charge on any atom is -0.207 e. The maximum Gasteiger partial charge on any atom is 0.528 e. The molecule has 1 aromatic carbocycles. The average Bonchev–Trinajstić information content (AvgIpc) is 2.38. The van der Waals surface area contributed by atoms with Crippen molar-refractivity contribution in [1.82, 2.24) is 4.72 Å². The topological polar surface area (TPSA) is 72.5 Å². The number of hydrogen-bond acceptors (Lipinski definition) is 4. The van der Waals surface area contributed by atoms with Crippen molar-refractivity contribution in [3.05, 3.63) is 29.8 Å². The van der Waals surface area contributed by atoms with Crippen LogP contribution in [-0.4, -0.2) is 20.8 Å². The summed E-state index contributed by atoms with van der Waals surface area (Å²) in [6.07, 6.45) is 0.459. The lowest BCUT2D eigenvalue weighted by molar-refractivity contribution is 0.335. The van der Waals surface area contributed by atoms with Gasteiger partial charge in [-0.15, -0.1) is 4.52 Å². The van der Waals surface area contributed by atoms with Gasteiger partial charge in [-0.3, -0.25) is 0 Å². The van der Waals surface area contributed by atoms with Crippen molar-refractivity contribution in [2.45, 2.75) is 44.8 Å². The van der Waals surface area contributed by atoms with Crippen molar-refractivity contribution in [2.24, 2.45) is 5.92 Å². The minimum absolute atomic E-state index is 0.168. The number of hydrogen-bond donors (Lipinski definition) is 1. The molecule has 0 saturated heterocycles. The summed E-state index contributed by atoms with van der Waals surface area (Å²) in [5.41, 5.74) is 0.980. The predicted molar refractivity (Wildman–Crippen MR) is 84.0 cm³/mol. The van der Waals surface area contributed by atoms with Gasteiger partial charge in [0.15, 0.2) is 0 Å². The summed E-state index contributed by atoms with van der Waals surface area (Å²) >= 11 is 0. The molecular weight excluding hydrogens is 309 g/mol. The molecule has 0 spiro atoms. The first kappa shape index (κ1) is 18.2. The molecule has 1 unspecified atom stereocenters. The van der Waals surface area contributed by atoms with Crippen molar-refractivity contribution in [3.63, 3.8) is 0 Å². The first-order valence-corrected chi connectivity index (χ1v) is 9.67. The molecule has 118 valence electrons. The lowest BCUT2D eigenvalue weighted by atomic mass is 10.1. The van der Waals surface area contributed by atoms with E-state index < -0.39 is 23.8 Å². The second kappa shape index (κ2) is 7.99. The van der Waals surface area contributed by atoms with Crippen LogP contribution >= 0.6 is 8.03 Å². The summed E-state index contributed by atoms with van der Waals surface area (Å²) in [7, 11) is -5.78. The van der Waals surface area contributed by atoms with Crippen molar-refractivity contribution in [2.75, 3.05) is 6.61 Å². The van der Waals surface area contributed by atoms with Gasteiger partial charge in [0.05, 0.1) is 11.5 Å². The zero-order valence-corrected chi connectivity index (χ0v) is 14.6. The molecule has 0 heterocycles. The van der Waals surface area contributed by atoms with Gasteiger partial charge in [0.25, 0.3) is 5.78 Å². The molecule has 0 bridgehead atoms. The van der Waals surface area contributed by atoms with Gasteiger partial charge in [-0.2, -0.15) is 4.72 Å². The van der Waals surface area contributed by atoms with E-state index in [-0.39, 0.29) is 17.4 Å². The maximum absolute atomic E-state index is 12.3. The highest BCUT2D eigenvalue weighted by atomic mass is 32.2. The number of benzene rings is 1. The number of aryl methyl sites for hydroxylation is 1. The zero-order chi connectivity index (χ0) is 16.0. The molecular formula is C14H23NO4PS+. The van der Waals surface area contributed by atoms with Crippen LogP contribution in [-0.2, 0) is 19.1 Å². The number of rotatable bonds is 8. The molecule has 0 saturated carbocycles. The summed E-state index contributed by atoms with van der Waals surface area (Å²) in [4.78, 5) is 0.168. The third kappa shape index (κ3) is 5.83. The van der Waals surface area contributed by atoms with E-state index >= 15 is 0 Å². The van der Waals surface area contributed by atoms with Gasteiger partial charge in [-0.1, -0.05) is 31.5 Å². The van der Waals surface area contributed by atoms with E-state index in [1.54, 1.807) is 19.1 Å². The van der Waals surface area contributed by atoms with Gasteiger partial charge in [-0.25, -0.2) is 8.42 Å². The number of sulfonamides is 1. The summed E-state index contributed by atoms with van der Waals surface area (Å²) in [6.45, 7) is 7.80. The molecule has 0 fully saturated rings. The standard InChI is InChI=1S/C14H23NO4PS/c1-5-19-20(16)14(10-11(2)3)15-21(17,18)13-8-6-12(4)7-9-13/h6-9,11,14-15H,5,10H2,1-4H3/q+1/t14-/m0/s1. The second-order valence-corrected chi connectivity index (χ2v) is 8.45. The van der Waals surface area contributed by atoms with E-state index in [1.165, 1.54) is 12.1 Å². The zero-order valence-electron chi connectivity index (χ0n) is 12.9. The largest absolute Gasteiger partial charge is 0.528 e. The van der Waals surface area contributed by atoms with E-state index in [4.69, 9.17) is 4.52 Å². The SMILES string of the molecule is CCO[P+](=O)[C@@H](CC(C)C)NS(=O)(=O)c1ccc(C)cc1. The molecule has 0 amide bonds. The number of nitrogens with one attached hydrogen (secondary N) is 1. The first-order chi connectivity index (χ1) is 9.76. The van der Waals surface area contributed by atoms with Gasteiger partial charge in [-0.05, 0) is 36.5 Å². The van der Waals surface area contributed by atoms with Crippen molar-refractivity contribution in [3.8, 4) is 0 Å². The lowest BCUT2D eigenvalue weighted by Gasteiger charge is -2.12. The monoisotopic (exact) mass is 332 g/mol. The molecule has 21 heavy (non-hydrogen) atoms. The van der Waals surface area contributed by atoms with Crippen LogP contribution in [0.2, 0.25) is 0 Å². The van der Waals surface area contributed by atoms with Gasteiger partial charge < -0.3 is 0 Å². The molecule has 0 aromatic heterocycles. The van der Waals surface area contributed by atoms with E-state index in [0.717, 1.165) is 5.56 Å². The second-order valence-electron chi connectivity index (χ2n) is 5.28. The third-order valence-corrected chi connectivity index (χ3v) is 5.85. The molecule has 0 aliphatic carbocycles. The summed E-state index contributed by atoms with van der Waals surface area (Å²) in [5.74, 6) is -0.513. The van der Waals surface area contributed by atoms with E-state index in [9.17, 15) is 13.0 Å². The summed E-state index contributed by atoms with van der Waals surface area (Å²) < 4.78 is 44.3. The highest BCUT2D eigenvalue weighted by Gasteiger charge is 2.37. The molecule has 5 nitrogen and oxygen atoms in total. The average molecular weight is 332 g/mol. The minimum atomic E-state index is -3.70. The van der Waals surface area contributed by atoms with Crippen molar-refractivity contribution in [1.29, 1.82) is 0 Å². The Hall–Kier alpha value is -0.810. The van der Waals surface area contributed by atoms with Crippen LogP contribution in [0.1, 0.15) is 32.8 Å². The van der Waals surface area contributed by atoms with Gasteiger partial charge in [0, 0.05) is 6.42 Å². The Morgan fingerprint density at radius 1 is 1.24 bits per heavy atom. The Morgan fingerprint density at radius 3 is 2.29 bits per heavy atom. The Bertz CT molecular complexity index is 569. The maximum atomic E-state index is 12.3. The highest BCUT2D eigenvalue weighted by Crippen LogP contribution is 2.33. The molecule has 2 atom stereocenters. The third-order valence-electron chi connectivity index (χ3n) is 2.83. The van der Waals surface area contributed by atoms with Crippen LogP contribution in [0.15, 0.2) is 29.2 Å². The van der Waals surface area contributed by atoms with E-state index in [2.05, 4.69) is 4.72 Å². The fourth-order valence-electron chi connectivity index (χ4n) is 1.81. The van der Waals surface area contributed by atoms with Crippen LogP contribution in [0.4, 0.5) is 0 Å². The Labute approximate surface area is 128 Å². The summed E-state index contributed by atoms with van der Waals surface area (Å²) in [6, 6.07) is 6.54. The highest BCUT2D eigenvalue weighted by molar-refractivity contribution is 7.89. The lowest BCUT2D eigenvalue weighted by Crippen LogP contribution is -2.33. The Morgan fingerprint density at radius 2 is 1.81 bits per heavy atom. The molecule has 7 heteroatoms. The quantitative estimate of drug-likeness (QED) is 0.740. The fourth-order valence-corrected chi connectivity index (χ4v) is 4.68. The molecule has 0 aliphatic heterocycles.